The van der Waals surface area contributed by atoms with Crippen molar-refractivity contribution in [3.63, 3.8) is 0 Å². The van der Waals surface area contributed by atoms with Crippen LogP contribution in [0.15, 0.2) is 23.9 Å². The van der Waals surface area contributed by atoms with Crippen LogP contribution in [0.3, 0.4) is 0 Å². The number of allylic oxidation sites excluding steroid dienone is 1. The third-order valence-electron chi connectivity index (χ3n) is 3.57. The van der Waals surface area contributed by atoms with Crippen LogP contribution in [0, 0.1) is 11.3 Å². The summed E-state index contributed by atoms with van der Waals surface area (Å²) in [4.78, 5) is 18.3. The summed E-state index contributed by atoms with van der Waals surface area (Å²) in [5.41, 5.74) is 2.31. The first-order valence-corrected chi connectivity index (χ1v) is 6.25. The van der Waals surface area contributed by atoms with Gasteiger partial charge in [-0.2, -0.15) is 5.26 Å². The number of Topliss-reactive ketones (excluding diaryl/α,β-unsaturated/α-hetero) is 1. The molecule has 1 fully saturated rings. The summed E-state index contributed by atoms with van der Waals surface area (Å²) in [6.45, 7) is 1.09. The van der Waals surface area contributed by atoms with E-state index in [-0.39, 0.29) is 17.8 Å². The molecule has 96 valence electrons. The molecule has 2 aliphatic rings. The lowest BCUT2D eigenvalue weighted by atomic mass is 9.92. The van der Waals surface area contributed by atoms with Gasteiger partial charge in [-0.1, -0.05) is 6.07 Å². The van der Waals surface area contributed by atoms with E-state index >= 15 is 0 Å². The molecule has 1 N–H and O–H groups in total. The number of aromatic nitrogens is 1. The molecule has 1 atom stereocenters. The SMILES string of the molecule is N#CC1=C(N2CC[C@H](O)C2)c2ncccc2CC1=O. The lowest BCUT2D eigenvalue weighted by molar-refractivity contribution is -0.114. The number of ketones is 1. The maximum absolute atomic E-state index is 12.0. The van der Waals surface area contributed by atoms with E-state index in [1.165, 1.54) is 0 Å². The third-order valence-corrected chi connectivity index (χ3v) is 3.57. The van der Waals surface area contributed by atoms with Gasteiger partial charge in [0, 0.05) is 25.7 Å². The molecule has 5 heteroatoms. The summed E-state index contributed by atoms with van der Waals surface area (Å²) >= 11 is 0. The quantitative estimate of drug-likeness (QED) is 0.791. The van der Waals surface area contributed by atoms with E-state index in [0.29, 0.717) is 30.9 Å². The average Bonchev–Trinajstić information content (AvgIpc) is 2.83. The molecule has 1 aromatic heterocycles. The molecule has 0 aromatic carbocycles. The maximum Gasteiger partial charge on any atom is 0.180 e. The molecule has 1 saturated heterocycles. The molecule has 0 unspecified atom stereocenters. The standard InChI is InChI=1S/C14H13N3O2/c15-7-11-12(19)6-9-2-1-4-16-13(9)14(11)17-5-3-10(18)8-17/h1-2,4,10,18H,3,5-6,8H2/t10-/m0/s1. The van der Waals surface area contributed by atoms with E-state index in [1.807, 2.05) is 17.0 Å². The van der Waals surface area contributed by atoms with Gasteiger partial charge < -0.3 is 10.0 Å². The van der Waals surface area contributed by atoms with Gasteiger partial charge in [0.05, 0.1) is 17.5 Å². The molecule has 19 heavy (non-hydrogen) atoms. The molecule has 0 saturated carbocycles. The van der Waals surface area contributed by atoms with Gasteiger partial charge in [-0.25, -0.2) is 0 Å². The van der Waals surface area contributed by atoms with Crippen molar-refractivity contribution in [2.75, 3.05) is 13.1 Å². The van der Waals surface area contributed by atoms with Gasteiger partial charge in [-0.15, -0.1) is 0 Å². The second kappa shape index (κ2) is 4.48. The Labute approximate surface area is 110 Å². The summed E-state index contributed by atoms with van der Waals surface area (Å²) in [6, 6.07) is 5.66. The van der Waals surface area contributed by atoms with Crippen LogP contribution in [0.1, 0.15) is 17.7 Å². The second-order valence-corrected chi connectivity index (χ2v) is 4.84. The number of aliphatic hydroxyl groups excluding tert-OH is 1. The number of pyridine rings is 1. The van der Waals surface area contributed by atoms with E-state index in [1.54, 1.807) is 12.3 Å². The first-order valence-electron chi connectivity index (χ1n) is 6.25. The Morgan fingerprint density at radius 3 is 3.05 bits per heavy atom. The average molecular weight is 255 g/mol. The predicted octanol–water partition coefficient (Wildman–Crippen LogP) is 0.508. The Hall–Kier alpha value is -2.19. The van der Waals surface area contributed by atoms with Crippen LogP contribution in [-0.4, -0.2) is 40.0 Å². The molecule has 0 spiro atoms. The van der Waals surface area contributed by atoms with E-state index in [2.05, 4.69) is 4.98 Å². The zero-order valence-electron chi connectivity index (χ0n) is 10.3. The number of nitriles is 1. The topological polar surface area (TPSA) is 77.2 Å². The summed E-state index contributed by atoms with van der Waals surface area (Å²) in [6.07, 6.45) is 2.14. The molecule has 5 nitrogen and oxygen atoms in total. The van der Waals surface area contributed by atoms with Gasteiger partial charge in [0.2, 0.25) is 0 Å². The van der Waals surface area contributed by atoms with Gasteiger partial charge in [0.1, 0.15) is 11.6 Å². The van der Waals surface area contributed by atoms with Crippen LogP contribution in [0.5, 0.6) is 0 Å². The van der Waals surface area contributed by atoms with Gasteiger partial charge in [-0.05, 0) is 18.1 Å². The Balaban J connectivity index is 2.15. The number of β-amino-alcohol motifs (C(OH)–C–C–N with tert-alkyl or cyclic N) is 1. The van der Waals surface area contributed by atoms with Crippen molar-refractivity contribution < 1.29 is 9.90 Å². The van der Waals surface area contributed by atoms with Gasteiger partial charge in [-0.3, -0.25) is 9.78 Å². The van der Waals surface area contributed by atoms with E-state index in [0.717, 1.165) is 5.56 Å². The maximum atomic E-state index is 12.0. The van der Waals surface area contributed by atoms with Crippen molar-refractivity contribution in [2.24, 2.45) is 0 Å². The molecule has 2 heterocycles. The zero-order valence-corrected chi connectivity index (χ0v) is 10.3. The Bertz CT molecular complexity index is 615. The van der Waals surface area contributed by atoms with Gasteiger partial charge in [0.15, 0.2) is 5.78 Å². The highest BCUT2D eigenvalue weighted by atomic mass is 16.3. The van der Waals surface area contributed by atoms with Gasteiger partial charge >= 0.3 is 0 Å². The highest BCUT2D eigenvalue weighted by Crippen LogP contribution is 2.32. The Morgan fingerprint density at radius 1 is 1.53 bits per heavy atom. The number of rotatable bonds is 1. The van der Waals surface area contributed by atoms with Crippen molar-refractivity contribution in [3.8, 4) is 6.07 Å². The predicted molar refractivity (Wildman–Crippen MR) is 67.7 cm³/mol. The van der Waals surface area contributed by atoms with Crippen molar-refractivity contribution >= 4 is 11.5 Å². The van der Waals surface area contributed by atoms with Crippen molar-refractivity contribution in [1.29, 1.82) is 5.26 Å². The van der Waals surface area contributed by atoms with Crippen molar-refractivity contribution in [1.82, 2.24) is 9.88 Å². The lowest BCUT2D eigenvalue weighted by Gasteiger charge is -2.26. The van der Waals surface area contributed by atoms with Crippen molar-refractivity contribution in [2.45, 2.75) is 18.9 Å². The fourth-order valence-corrected chi connectivity index (χ4v) is 2.67. The Kier molecular flexibility index (Phi) is 2.80. The van der Waals surface area contributed by atoms with Crippen LogP contribution in [0.2, 0.25) is 0 Å². The first-order chi connectivity index (χ1) is 9.20. The fraction of sp³-hybridized carbons (Fsp3) is 0.357. The van der Waals surface area contributed by atoms with Crippen LogP contribution in [0.25, 0.3) is 5.70 Å². The van der Waals surface area contributed by atoms with E-state index in [9.17, 15) is 15.2 Å². The smallest absolute Gasteiger partial charge is 0.180 e. The van der Waals surface area contributed by atoms with E-state index < -0.39 is 6.10 Å². The zero-order chi connectivity index (χ0) is 13.4. The first kappa shape index (κ1) is 11.9. The Morgan fingerprint density at radius 2 is 2.37 bits per heavy atom. The third kappa shape index (κ3) is 1.90. The molecular formula is C14H13N3O2. The number of hydrogen-bond acceptors (Lipinski definition) is 5. The minimum absolute atomic E-state index is 0.167. The summed E-state index contributed by atoms with van der Waals surface area (Å²) in [5, 5.41) is 18.9. The van der Waals surface area contributed by atoms with E-state index in [4.69, 9.17) is 0 Å². The molecule has 0 amide bonds. The number of likely N-dealkylation sites (tertiary alicyclic amines) is 1. The van der Waals surface area contributed by atoms with Crippen LogP contribution >= 0.6 is 0 Å². The minimum atomic E-state index is -0.406. The number of fused-ring (bicyclic) bond motifs is 1. The van der Waals surface area contributed by atoms with Gasteiger partial charge in [0.25, 0.3) is 0 Å². The summed E-state index contributed by atoms with van der Waals surface area (Å²) < 4.78 is 0. The minimum Gasteiger partial charge on any atom is -0.391 e. The largest absolute Gasteiger partial charge is 0.391 e. The summed E-state index contributed by atoms with van der Waals surface area (Å²) in [7, 11) is 0. The number of aliphatic hydroxyl groups is 1. The molecular weight excluding hydrogens is 242 g/mol. The number of carbonyl (C=O) groups excluding carboxylic acids is 1. The number of hydrogen-bond donors (Lipinski definition) is 1. The van der Waals surface area contributed by atoms with Crippen LogP contribution in [0.4, 0.5) is 0 Å². The molecule has 1 aliphatic heterocycles. The number of nitrogens with zero attached hydrogens (tertiary/aromatic N) is 3. The van der Waals surface area contributed by atoms with Crippen LogP contribution in [-0.2, 0) is 11.2 Å². The monoisotopic (exact) mass is 255 g/mol. The highest BCUT2D eigenvalue weighted by Gasteiger charge is 2.33. The number of carbonyl (C=O) groups is 1. The van der Waals surface area contributed by atoms with Crippen molar-refractivity contribution in [3.05, 3.63) is 35.2 Å². The summed E-state index contributed by atoms with van der Waals surface area (Å²) in [5.74, 6) is -0.167. The fourth-order valence-electron chi connectivity index (χ4n) is 2.67. The molecule has 0 bridgehead atoms. The molecule has 0 radical (unpaired) electrons. The second-order valence-electron chi connectivity index (χ2n) is 4.84. The molecule has 1 aliphatic carbocycles. The normalized spacial score (nSPS) is 22.4. The van der Waals surface area contributed by atoms with Crippen LogP contribution < -0.4 is 0 Å². The molecule has 3 rings (SSSR count). The lowest BCUT2D eigenvalue weighted by Crippen LogP contribution is -2.28. The highest BCUT2D eigenvalue weighted by molar-refractivity contribution is 6.09. The molecule has 1 aromatic rings.